The number of nitrogens with zero attached hydrogens (tertiary/aromatic N) is 2. The minimum atomic E-state index is -0.123. The molecule has 1 aromatic rings. The minimum absolute atomic E-state index is 0.0642. The van der Waals surface area contributed by atoms with Crippen molar-refractivity contribution >= 4 is 35.1 Å². The average molecular weight is 358 g/mol. The molecule has 2 rings (SSSR count). The summed E-state index contributed by atoms with van der Waals surface area (Å²) in [6.07, 6.45) is 1.65. The molecule has 0 saturated carbocycles. The van der Waals surface area contributed by atoms with Crippen LogP contribution in [0.1, 0.15) is 30.1 Å². The maximum atomic E-state index is 12.6. The Morgan fingerprint density at radius 3 is 2.52 bits per heavy atom. The predicted octanol–water partition coefficient (Wildman–Crippen LogP) is 3.26. The molecule has 0 unspecified atom stereocenters. The smallest absolute Gasteiger partial charge is 0.317 e. The number of rotatable bonds is 3. The molecule has 0 atom stereocenters. The van der Waals surface area contributed by atoms with Gasteiger partial charge in [-0.3, -0.25) is 4.79 Å². The van der Waals surface area contributed by atoms with Crippen LogP contribution in [0.2, 0.25) is 10.0 Å². The zero-order valence-corrected chi connectivity index (χ0v) is 14.7. The number of carbonyl (C=O) groups is 2. The van der Waals surface area contributed by atoms with Crippen molar-refractivity contribution in [3.8, 4) is 0 Å². The number of hydrogen-bond acceptors (Lipinski definition) is 2. The fourth-order valence-electron chi connectivity index (χ4n) is 2.50. The average Bonchev–Trinajstić information content (AvgIpc) is 2.78. The number of nitrogens with one attached hydrogen (secondary N) is 1. The summed E-state index contributed by atoms with van der Waals surface area (Å²) < 4.78 is 0. The Balaban J connectivity index is 1.99. The Morgan fingerprint density at radius 1 is 1.13 bits per heavy atom. The highest BCUT2D eigenvalue weighted by molar-refractivity contribution is 6.36. The summed E-state index contributed by atoms with van der Waals surface area (Å²) in [5.74, 6) is -0.123. The number of amides is 3. The molecule has 0 spiro atoms. The van der Waals surface area contributed by atoms with Crippen molar-refractivity contribution in [3.63, 3.8) is 0 Å². The van der Waals surface area contributed by atoms with E-state index in [2.05, 4.69) is 5.32 Å². The third-order valence-corrected chi connectivity index (χ3v) is 4.31. The first-order chi connectivity index (χ1) is 11.0. The molecule has 1 saturated heterocycles. The molecule has 1 N–H and O–H groups in total. The third kappa shape index (κ3) is 4.75. The number of urea groups is 1. The normalized spacial score (nSPS) is 15.3. The summed E-state index contributed by atoms with van der Waals surface area (Å²) in [4.78, 5) is 28.1. The summed E-state index contributed by atoms with van der Waals surface area (Å²) in [6.45, 7) is 4.95. The standard InChI is InChI=1S/C16H21Cl2N3O2/c1-2-6-19-16(23)21-8-3-7-20(9-10-21)15(22)13-5-4-12(17)11-14(13)18/h4-5,11H,2-3,6-10H2,1H3,(H,19,23). The van der Waals surface area contributed by atoms with Gasteiger partial charge in [-0.05, 0) is 31.0 Å². The van der Waals surface area contributed by atoms with E-state index < -0.39 is 0 Å². The third-order valence-electron chi connectivity index (χ3n) is 3.76. The van der Waals surface area contributed by atoms with Crippen LogP contribution in [0, 0.1) is 0 Å². The first-order valence-corrected chi connectivity index (χ1v) is 8.55. The number of hydrogen-bond donors (Lipinski definition) is 1. The lowest BCUT2D eigenvalue weighted by Crippen LogP contribution is -2.42. The predicted molar refractivity (Wildman–Crippen MR) is 92.2 cm³/mol. The SMILES string of the molecule is CCCNC(=O)N1CCCN(C(=O)c2ccc(Cl)cc2Cl)CC1. The van der Waals surface area contributed by atoms with Gasteiger partial charge in [-0.2, -0.15) is 0 Å². The van der Waals surface area contributed by atoms with Crippen molar-refractivity contribution in [2.45, 2.75) is 19.8 Å². The molecule has 5 nitrogen and oxygen atoms in total. The lowest BCUT2D eigenvalue weighted by molar-refractivity contribution is 0.0762. The molecular weight excluding hydrogens is 337 g/mol. The van der Waals surface area contributed by atoms with Crippen LogP contribution in [0.15, 0.2) is 18.2 Å². The molecule has 0 aliphatic carbocycles. The summed E-state index contributed by atoms with van der Waals surface area (Å²) in [7, 11) is 0. The van der Waals surface area contributed by atoms with Gasteiger partial charge in [-0.1, -0.05) is 30.1 Å². The fraction of sp³-hybridized carbons (Fsp3) is 0.500. The number of carbonyl (C=O) groups excluding carboxylic acids is 2. The van der Waals surface area contributed by atoms with E-state index in [1.165, 1.54) is 0 Å². The highest BCUT2D eigenvalue weighted by Crippen LogP contribution is 2.22. The van der Waals surface area contributed by atoms with Crippen molar-refractivity contribution in [1.82, 2.24) is 15.1 Å². The highest BCUT2D eigenvalue weighted by Gasteiger charge is 2.23. The number of halogens is 2. The van der Waals surface area contributed by atoms with Gasteiger partial charge in [0.05, 0.1) is 10.6 Å². The molecule has 0 radical (unpaired) electrons. The molecule has 0 aromatic heterocycles. The van der Waals surface area contributed by atoms with E-state index in [9.17, 15) is 9.59 Å². The fourth-order valence-corrected chi connectivity index (χ4v) is 2.99. The van der Waals surface area contributed by atoms with Crippen LogP contribution in [0.25, 0.3) is 0 Å². The highest BCUT2D eigenvalue weighted by atomic mass is 35.5. The van der Waals surface area contributed by atoms with E-state index in [1.807, 2.05) is 6.92 Å². The maximum absolute atomic E-state index is 12.6. The second-order valence-corrected chi connectivity index (χ2v) is 6.33. The summed E-state index contributed by atoms with van der Waals surface area (Å²) in [6, 6.07) is 4.80. The zero-order chi connectivity index (χ0) is 16.8. The van der Waals surface area contributed by atoms with E-state index in [4.69, 9.17) is 23.2 Å². The van der Waals surface area contributed by atoms with Crippen LogP contribution >= 0.6 is 23.2 Å². The minimum Gasteiger partial charge on any atom is -0.338 e. The number of benzene rings is 1. The molecule has 1 aromatic carbocycles. The molecule has 1 aliphatic heterocycles. The van der Waals surface area contributed by atoms with Crippen LogP contribution in [0.3, 0.4) is 0 Å². The lowest BCUT2D eigenvalue weighted by atomic mass is 10.2. The van der Waals surface area contributed by atoms with E-state index in [0.717, 1.165) is 12.8 Å². The van der Waals surface area contributed by atoms with Gasteiger partial charge >= 0.3 is 6.03 Å². The Kier molecular flexibility index (Phi) is 6.54. The molecule has 1 heterocycles. The monoisotopic (exact) mass is 357 g/mol. The van der Waals surface area contributed by atoms with Gasteiger partial charge in [-0.15, -0.1) is 0 Å². The summed E-state index contributed by atoms with van der Waals surface area (Å²) >= 11 is 12.0. The van der Waals surface area contributed by atoms with Crippen LogP contribution in [-0.4, -0.2) is 54.5 Å². The van der Waals surface area contributed by atoms with Gasteiger partial charge in [0, 0.05) is 37.7 Å². The van der Waals surface area contributed by atoms with E-state index in [1.54, 1.807) is 28.0 Å². The second-order valence-electron chi connectivity index (χ2n) is 5.49. The Hall–Kier alpha value is -1.46. The Bertz CT molecular complexity index is 580. The van der Waals surface area contributed by atoms with Crippen molar-refractivity contribution in [2.24, 2.45) is 0 Å². The quantitative estimate of drug-likeness (QED) is 0.902. The topological polar surface area (TPSA) is 52.7 Å². The van der Waals surface area contributed by atoms with Gasteiger partial charge in [0.2, 0.25) is 0 Å². The van der Waals surface area contributed by atoms with E-state index in [0.29, 0.717) is 48.3 Å². The van der Waals surface area contributed by atoms with Gasteiger partial charge in [0.25, 0.3) is 5.91 Å². The van der Waals surface area contributed by atoms with Gasteiger partial charge in [-0.25, -0.2) is 4.79 Å². The first kappa shape index (κ1) is 17.9. The molecule has 7 heteroatoms. The van der Waals surface area contributed by atoms with Crippen LogP contribution in [0.5, 0.6) is 0 Å². The Labute approximate surface area is 146 Å². The molecular formula is C16H21Cl2N3O2. The zero-order valence-electron chi connectivity index (χ0n) is 13.1. The van der Waals surface area contributed by atoms with E-state index >= 15 is 0 Å². The Morgan fingerprint density at radius 2 is 1.83 bits per heavy atom. The van der Waals surface area contributed by atoms with Crippen molar-refractivity contribution in [2.75, 3.05) is 32.7 Å². The summed E-state index contributed by atoms with van der Waals surface area (Å²) in [5.41, 5.74) is 0.444. The van der Waals surface area contributed by atoms with E-state index in [-0.39, 0.29) is 11.9 Å². The molecule has 23 heavy (non-hydrogen) atoms. The summed E-state index contributed by atoms with van der Waals surface area (Å²) in [5, 5.41) is 3.72. The molecule has 1 fully saturated rings. The van der Waals surface area contributed by atoms with Crippen molar-refractivity contribution in [3.05, 3.63) is 33.8 Å². The van der Waals surface area contributed by atoms with Gasteiger partial charge in [0.1, 0.15) is 0 Å². The first-order valence-electron chi connectivity index (χ1n) is 7.80. The van der Waals surface area contributed by atoms with Crippen LogP contribution in [-0.2, 0) is 0 Å². The van der Waals surface area contributed by atoms with Crippen molar-refractivity contribution < 1.29 is 9.59 Å². The van der Waals surface area contributed by atoms with Gasteiger partial charge < -0.3 is 15.1 Å². The molecule has 3 amide bonds. The molecule has 1 aliphatic rings. The molecule has 0 bridgehead atoms. The maximum Gasteiger partial charge on any atom is 0.317 e. The molecule has 126 valence electrons. The van der Waals surface area contributed by atoms with Crippen LogP contribution in [0.4, 0.5) is 4.79 Å². The van der Waals surface area contributed by atoms with Crippen LogP contribution < -0.4 is 5.32 Å². The van der Waals surface area contributed by atoms with Crippen molar-refractivity contribution in [1.29, 1.82) is 0 Å². The lowest BCUT2D eigenvalue weighted by Gasteiger charge is -2.22. The van der Waals surface area contributed by atoms with Gasteiger partial charge in [0.15, 0.2) is 0 Å². The second kappa shape index (κ2) is 8.41. The largest absolute Gasteiger partial charge is 0.338 e.